The van der Waals surface area contributed by atoms with Gasteiger partial charge in [0.1, 0.15) is 0 Å². The molecule has 0 radical (unpaired) electrons. The largest absolute Gasteiger partial charge is 0.314 e. The molecule has 3 rings (SSSR count). The molecule has 0 saturated heterocycles. The highest BCUT2D eigenvalue weighted by Gasteiger charge is 2.06. The van der Waals surface area contributed by atoms with Gasteiger partial charge in [-0.15, -0.1) is 0 Å². The number of benzene rings is 3. The summed E-state index contributed by atoms with van der Waals surface area (Å²) in [7, 11) is 0. The zero-order valence-corrected chi connectivity index (χ0v) is 13.1. The third kappa shape index (κ3) is 3.75. The van der Waals surface area contributed by atoms with Gasteiger partial charge in [0.05, 0.1) is 0 Å². The van der Waals surface area contributed by atoms with Gasteiger partial charge in [0.15, 0.2) is 0 Å². The number of hydrogen-bond donors (Lipinski definition) is 1. The summed E-state index contributed by atoms with van der Waals surface area (Å²) in [5.74, 6) is 0. The highest BCUT2D eigenvalue weighted by molar-refractivity contribution is 5.85. The van der Waals surface area contributed by atoms with Gasteiger partial charge in [-0.25, -0.2) is 0 Å². The molecule has 1 unspecified atom stereocenters. The van der Waals surface area contributed by atoms with Crippen molar-refractivity contribution in [1.29, 1.82) is 0 Å². The fourth-order valence-corrected chi connectivity index (χ4v) is 2.98. The third-order valence-corrected chi connectivity index (χ3v) is 4.16. The first-order valence-electron chi connectivity index (χ1n) is 8.07. The first-order chi connectivity index (χ1) is 10.8. The van der Waals surface area contributed by atoms with Gasteiger partial charge < -0.3 is 5.32 Å². The van der Waals surface area contributed by atoms with Crippen molar-refractivity contribution in [2.24, 2.45) is 0 Å². The Kier molecular flexibility index (Phi) is 4.87. The molecule has 0 fully saturated rings. The van der Waals surface area contributed by atoms with Crippen molar-refractivity contribution in [2.75, 3.05) is 6.54 Å². The molecule has 0 bridgehead atoms. The maximum Gasteiger partial charge on any atom is 0.00794 e. The Morgan fingerprint density at radius 2 is 1.55 bits per heavy atom. The topological polar surface area (TPSA) is 12.0 Å². The molecule has 1 N–H and O–H groups in total. The zero-order chi connectivity index (χ0) is 15.2. The van der Waals surface area contributed by atoms with Gasteiger partial charge in [-0.2, -0.15) is 0 Å². The lowest BCUT2D eigenvalue weighted by Crippen LogP contribution is -2.30. The normalized spacial score (nSPS) is 12.4. The summed E-state index contributed by atoms with van der Waals surface area (Å²) in [5, 5.41) is 6.35. The summed E-state index contributed by atoms with van der Waals surface area (Å²) in [6.45, 7) is 3.29. The number of fused-ring (bicyclic) bond motifs is 1. The van der Waals surface area contributed by atoms with Crippen LogP contribution in [0.4, 0.5) is 0 Å². The summed E-state index contributed by atoms with van der Waals surface area (Å²) in [4.78, 5) is 0. The first kappa shape index (κ1) is 14.8. The van der Waals surface area contributed by atoms with Gasteiger partial charge >= 0.3 is 0 Å². The summed E-state index contributed by atoms with van der Waals surface area (Å²) >= 11 is 0. The van der Waals surface area contributed by atoms with Crippen LogP contribution in [0.2, 0.25) is 0 Å². The average molecular weight is 289 g/mol. The second-order valence-corrected chi connectivity index (χ2v) is 5.93. The van der Waals surface area contributed by atoms with E-state index in [-0.39, 0.29) is 0 Å². The van der Waals surface area contributed by atoms with Gasteiger partial charge in [-0.05, 0) is 48.2 Å². The van der Waals surface area contributed by atoms with Gasteiger partial charge in [-0.3, -0.25) is 0 Å². The standard InChI is InChI=1S/C21H23N/c1-17(22-15-14-18-8-3-2-4-9-18)16-20-12-7-11-19-10-5-6-13-21(19)20/h2-13,17,22H,14-16H2,1H3. The van der Waals surface area contributed by atoms with Crippen LogP contribution in [0, 0.1) is 0 Å². The molecule has 1 nitrogen and oxygen atoms in total. The van der Waals surface area contributed by atoms with Gasteiger partial charge in [0.2, 0.25) is 0 Å². The Labute approximate surface area is 133 Å². The van der Waals surface area contributed by atoms with Gasteiger partial charge in [-0.1, -0.05) is 72.8 Å². The summed E-state index contributed by atoms with van der Waals surface area (Å²) < 4.78 is 0. The predicted octanol–water partition coefficient (Wildman–Crippen LogP) is 4.60. The quantitative estimate of drug-likeness (QED) is 0.699. The van der Waals surface area contributed by atoms with Crippen molar-refractivity contribution < 1.29 is 0 Å². The Morgan fingerprint density at radius 3 is 2.41 bits per heavy atom. The highest BCUT2D eigenvalue weighted by Crippen LogP contribution is 2.19. The molecule has 0 aromatic heterocycles. The molecule has 0 heterocycles. The van der Waals surface area contributed by atoms with Gasteiger partial charge in [0.25, 0.3) is 0 Å². The van der Waals surface area contributed by atoms with Crippen molar-refractivity contribution in [3.8, 4) is 0 Å². The molecule has 1 heteroatoms. The van der Waals surface area contributed by atoms with Crippen LogP contribution in [0.25, 0.3) is 10.8 Å². The van der Waals surface area contributed by atoms with Crippen LogP contribution in [0.5, 0.6) is 0 Å². The average Bonchev–Trinajstić information content (AvgIpc) is 2.56. The third-order valence-electron chi connectivity index (χ3n) is 4.16. The van der Waals surface area contributed by atoms with Crippen LogP contribution < -0.4 is 5.32 Å². The Bertz CT molecular complexity index is 713. The molecule has 0 aliphatic rings. The number of hydrogen-bond acceptors (Lipinski definition) is 1. The minimum atomic E-state index is 0.481. The molecule has 0 saturated carbocycles. The molecule has 22 heavy (non-hydrogen) atoms. The van der Waals surface area contributed by atoms with E-state index in [0.717, 1.165) is 19.4 Å². The van der Waals surface area contributed by atoms with E-state index in [2.05, 4.69) is 85.0 Å². The second-order valence-electron chi connectivity index (χ2n) is 5.93. The van der Waals surface area contributed by atoms with E-state index in [4.69, 9.17) is 0 Å². The summed E-state index contributed by atoms with van der Waals surface area (Å²) in [5.41, 5.74) is 2.82. The molecule has 112 valence electrons. The fraction of sp³-hybridized carbons (Fsp3) is 0.238. The molecule has 3 aromatic carbocycles. The maximum absolute atomic E-state index is 3.64. The van der Waals surface area contributed by atoms with E-state index in [1.165, 1.54) is 21.9 Å². The van der Waals surface area contributed by atoms with Crippen LogP contribution in [-0.2, 0) is 12.8 Å². The van der Waals surface area contributed by atoms with E-state index in [9.17, 15) is 0 Å². The number of nitrogens with one attached hydrogen (secondary N) is 1. The Balaban J connectivity index is 1.58. The lowest BCUT2D eigenvalue weighted by molar-refractivity contribution is 0.550. The van der Waals surface area contributed by atoms with Crippen molar-refractivity contribution in [2.45, 2.75) is 25.8 Å². The van der Waals surface area contributed by atoms with Crippen LogP contribution >= 0.6 is 0 Å². The Hall–Kier alpha value is -2.12. The van der Waals surface area contributed by atoms with Crippen molar-refractivity contribution >= 4 is 10.8 Å². The van der Waals surface area contributed by atoms with Crippen molar-refractivity contribution in [1.82, 2.24) is 5.32 Å². The SMILES string of the molecule is CC(Cc1cccc2ccccc12)NCCc1ccccc1. The van der Waals surface area contributed by atoms with Crippen molar-refractivity contribution in [3.05, 3.63) is 83.9 Å². The molecule has 0 aliphatic heterocycles. The van der Waals surface area contributed by atoms with Crippen LogP contribution in [0.1, 0.15) is 18.1 Å². The molecular weight excluding hydrogens is 266 g/mol. The minimum absolute atomic E-state index is 0.481. The van der Waals surface area contributed by atoms with Crippen LogP contribution in [0.15, 0.2) is 72.8 Å². The molecular formula is C21H23N. The second kappa shape index (κ2) is 7.24. The smallest absolute Gasteiger partial charge is 0.00794 e. The molecule has 1 atom stereocenters. The summed E-state index contributed by atoms with van der Waals surface area (Å²) in [6, 6.07) is 26.4. The van der Waals surface area contributed by atoms with Crippen molar-refractivity contribution in [3.63, 3.8) is 0 Å². The lowest BCUT2D eigenvalue weighted by atomic mass is 9.99. The fourth-order valence-electron chi connectivity index (χ4n) is 2.98. The maximum atomic E-state index is 3.64. The Morgan fingerprint density at radius 1 is 0.818 bits per heavy atom. The van der Waals surface area contributed by atoms with Crippen LogP contribution in [-0.4, -0.2) is 12.6 Å². The number of rotatable bonds is 6. The lowest BCUT2D eigenvalue weighted by Gasteiger charge is -2.15. The zero-order valence-electron chi connectivity index (χ0n) is 13.1. The van der Waals surface area contributed by atoms with E-state index in [1.807, 2.05) is 0 Å². The summed E-state index contributed by atoms with van der Waals surface area (Å²) in [6.07, 6.45) is 2.15. The molecule has 3 aromatic rings. The predicted molar refractivity (Wildman–Crippen MR) is 95.3 cm³/mol. The highest BCUT2D eigenvalue weighted by atomic mass is 14.9. The minimum Gasteiger partial charge on any atom is -0.314 e. The van der Waals surface area contributed by atoms with E-state index in [1.54, 1.807) is 0 Å². The van der Waals surface area contributed by atoms with E-state index < -0.39 is 0 Å². The molecule has 0 aliphatic carbocycles. The molecule has 0 amide bonds. The van der Waals surface area contributed by atoms with E-state index >= 15 is 0 Å². The van der Waals surface area contributed by atoms with Gasteiger partial charge in [0, 0.05) is 6.04 Å². The first-order valence-corrected chi connectivity index (χ1v) is 8.07. The van der Waals surface area contributed by atoms with Crippen LogP contribution in [0.3, 0.4) is 0 Å². The molecule has 0 spiro atoms. The monoisotopic (exact) mass is 289 g/mol. The van der Waals surface area contributed by atoms with E-state index in [0.29, 0.717) is 6.04 Å².